The van der Waals surface area contributed by atoms with Crippen LogP contribution in [-0.4, -0.2) is 9.55 Å². The third kappa shape index (κ3) is 7.33. The first kappa shape index (κ1) is 29.0. The number of para-hydroxylation sites is 4. The Bertz CT molecular complexity index is 3780. The summed E-state index contributed by atoms with van der Waals surface area (Å²) in [5, 5.41) is 0.891. The first-order valence-electron chi connectivity index (χ1n) is 26.5. The minimum atomic E-state index is -3.22. The van der Waals surface area contributed by atoms with Gasteiger partial charge in [0, 0.05) is 83.4 Å². The van der Waals surface area contributed by atoms with Crippen LogP contribution in [0.4, 0.5) is 22.7 Å². The normalized spacial score (nSPS) is 19.5. The zero-order valence-electron chi connectivity index (χ0n) is 46.8. The van der Waals surface area contributed by atoms with E-state index in [1.165, 1.54) is 12.1 Å². The number of ether oxygens (including phenoxy) is 1. The summed E-state index contributed by atoms with van der Waals surface area (Å²) in [6, 6.07) is 44.8. The summed E-state index contributed by atoms with van der Waals surface area (Å²) in [4.78, 5) is 8.71. The number of pyridine rings is 1. The largest absolute Gasteiger partial charge is 0.509 e. The summed E-state index contributed by atoms with van der Waals surface area (Å²) >= 11 is 0. The number of aryl methyl sites for hydroxylation is 3. The molecule has 1 aliphatic carbocycles. The fraction of sp³-hybridized carbons (Fsp3) is 0.158. The molecule has 2 aromatic heterocycles. The molecule has 6 heteroatoms. The van der Waals surface area contributed by atoms with Crippen LogP contribution < -0.4 is 14.5 Å². The molecule has 2 aliphatic rings. The maximum atomic E-state index is 9.06. The van der Waals surface area contributed by atoms with Crippen LogP contribution in [0.2, 0.25) is 0 Å². The SMILES string of the molecule is [2H]c1c([2H])c([2H])c2c(c1[2H])c1ccc(Oc3[c-]c(N4[CH-]N(c5c(-c6ccccc6)cccc5-c5ccc6c(c5)C([2H])([2H])C([2H])([2H])C([2H])([2H])C6([2H])[2H])c5ccccc54)ccc3C)[c-]c1n2-c1cc(C(C)(C)C)ccn1.[Pt]. The van der Waals surface area contributed by atoms with Crippen molar-refractivity contribution < 1.29 is 42.3 Å². The van der Waals surface area contributed by atoms with Crippen molar-refractivity contribution in [2.45, 2.75) is 58.6 Å². The molecule has 0 spiro atoms. The molecule has 0 amide bonds. The van der Waals surface area contributed by atoms with Crippen molar-refractivity contribution in [3.63, 3.8) is 0 Å². The minimum Gasteiger partial charge on any atom is -0.509 e. The van der Waals surface area contributed by atoms with Gasteiger partial charge in [0.15, 0.2) is 0 Å². The average molecular weight is 1010 g/mol. The van der Waals surface area contributed by atoms with E-state index in [4.69, 9.17) is 26.2 Å². The van der Waals surface area contributed by atoms with Crippen molar-refractivity contribution in [2.75, 3.05) is 9.80 Å². The van der Waals surface area contributed by atoms with Gasteiger partial charge >= 0.3 is 0 Å². The van der Waals surface area contributed by atoms with Crippen molar-refractivity contribution in [3.05, 3.63) is 199 Å². The summed E-state index contributed by atoms with van der Waals surface area (Å²) in [6.07, 6.45) is -10.5. The van der Waals surface area contributed by atoms with Gasteiger partial charge in [0.05, 0.1) is 5.48 Å². The Morgan fingerprint density at radius 3 is 2.27 bits per heavy atom. The van der Waals surface area contributed by atoms with Gasteiger partial charge in [-0.15, -0.1) is 47.6 Å². The molecule has 0 unspecified atom stereocenters. The van der Waals surface area contributed by atoms with Crippen LogP contribution in [0.5, 0.6) is 11.5 Å². The monoisotopic (exact) mass is 1010 g/mol. The number of nitrogens with zero attached hydrogens (tertiary/aromatic N) is 4. The quantitative estimate of drug-likeness (QED) is 0.149. The van der Waals surface area contributed by atoms with Crippen molar-refractivity contribution in [3.8, 4) is 39.6 Å². The fourth-order valence-electron chi connectivity index (χ4n) is 8.30. The van der Waals surface area contributed by atoms with Crippen LogP contribution in [0.25, 0.3) is 49.9 Å². The Morgan fingerprint density at radius 1 is 0.714 bits per heavy atom. The molecule has 1 aliphatic heterocycles. The molecule has 5 nitrogen and oxygen atoms in total. The third-order valence-corrected chi connectivity index (χ3v) is 11.5. The summed E-state index contributed by atoms with van der Waals surface area (Å²) in [7, 11) is 0. The maximum Gasteiger partial charge on any atom is 0.135 e. The molecule has 0 N–H and O–H groups in total. The first-order chi connectivity index (χ1) is 35.0. The molecule has 0 fully saturated rings. The predicted octanol–water partition coefficient (Wildman–Crippen LogP) is 14.8. The van der Waals surface area contributed by atoms with Crippen LogP contribution >= 0.6 is 0 Å². The van der Waals surface area contributed by atoms with E-state index in [0.717, 1.165) is 33.6 Å². The van der Waals surface area contributed by atoms with Gasteiger partial charge in [-0.25, -0.2) is 4.98 Å². The van der Waals surface area contributed by atoms with Crippen LogP contribution in [-0.2, 0) is 39.2 Å². The molecule has 3 heterocycles. The van der Waals surface area contributed by atoms with Crippen LogP contribution in [0.1, 0.15) is 72.2 Å². The molecule has 11 rings (SSSR count). The van der Waals surface area contributed by atoms with Crippen molar-refractivity contribution >= 4 is 44.6 Å². The molecular formula is C57H47N4OPt-3. The Hall–Kier alpha value is -6.42. The second-order valence-electron chi connectivity index (χ2n) is 16.4. The molecule has 9 aromatic rings. The number of hydrogen-bond donors (Lipinski definition) is 0. The van der Waals surface area contributed by atoms with Gasteiger partial charge in [-0.05, 0) is 94.4 Å². The Balaban J connectivity index is 0.00000641. The number of hydrogen-bond acceptors (Lipinski definition) is 4. The van der Waals surface area contributed by atoms with Crippen molar-refractivity contribution in [1.82, 2.24) is 9.55 Å². The van der Waals surface area contributed by atoms with E-state index >= 15 is 0 Å². The van der Waals surface area contributed by atoms with E-state index < -0.39 is 25.5 Å². The Kier molecular flexibility index (Phi) is 7.54. The summed E-state index contributed by atoms with van der Waals surface area (Å²) in [6.45, 7) is 10.1. The van der Waals surface area contributed by atoms with E-state index in [2.05, 4.69) is 32.9 Å². The standard InChI is InChI=1S/C57H47N4O.Pt/c1-38-25-28-44(35-54(38)62-45-29-30-49-48-19-10-11-22-50(48)61(53(49)36-45)55-34-43(31-32-58-55)57(2,3)4)59-37-60(52-24-13-12-23-51(52)59)56-46(40-16-6-5-7-17-40)20-14-21-47(56)42-27-26-39-15-8-9-18-41(39)33-42;/h5-7,10-14,16-17,19-34,37H,8-9,15,18H2,1-4H3;/q-3;/i8D2,9D2,10D,11D,15D2,18D2,19D,22D;. The number of fused-ring (bicyclic) bond motifs is 5. The third-order valence-electron chi connectivity index (χ3n) is 11.5. The van der Waals surface area contributed by atoms with Crippen molar-refractivity contribution in [2.24, 2.45) is 0 Å². The topological polar surface area (TPSA) is 33.5 Å². The average Bonchev–Trinajstić information content (AvgIpc) is 3.94. The van der Waals surface area contributed by atoms with Crippen LogP contribution in [0.15, 0.2) is 158 Å². The fourth-order valence-corrected chi connectivity index (χ4v) is 8.30. The predicted molar refractivity (Wildman–Crippen MR) is 255 cm³/mol. The van der Waals surface area contributed by atoms with Gasteiger partial charge < -0.3 is 19.1 Å². The molecule has 0 saturated heterocycles. The second kappa shape index (κ2) is 16.4. The molecule has 0 radical (unpaired) electrons. The number of anilines is 4. The second-order valence-corrected chi connectivity index (χ2v) is 16.4. The molecule has 0 atom stereocenters. The van der Waals surface area contributed by atoms with E-state index in [1.54, 1.807) is 29.0 Å². The molecule has 0 saturated carbocycles. The Morgan fingerprint density at radius 2 is 1.46 bits per heavy atom. The maximum absolute atomic E-state index is 9.06. The van der Waals surface area contributed by atoms with Gasteiger partial charge in [-0.3, -0.25) is 0 Å². The molecule has 63 heavy (non-hydrogen) atoms. The van der Waals surface area contributed by atoms with Gasteiger partial charge in [-0.2, -0.15) is 12.1 Å². The van der Waals surface area contributed by atoms with Gasteiger partial charge in [-0.1, -0.05) is 130 Å². The van der Waals surface area contributed by atoms with Gasteiger partial charge in [0.25, 0.3) is 0 Å². The molecule has 314 valence electrons. The van der Waals surface area contributed by atoms with E-state index in [0.29, 0.717) is 56.1 Å². The summed E-state index contributed by atoms with van der Waals surface area (Å²) in [5.74, 6) is 1.16. The van der Waals surface area contributed by atoms with Crippen LogP contribution in [0, 0.1) is 25.7 Å². The van der Waals surface area contributed by atoms with Crippen molar-refractivity contribution in [1.29, 1.82) is 0 Å². The Labute approximate surface area is 401 Å². The molecule has 0 bridgehead atoms. The molecule has 7 aromatic carbocycles. The summed E-state index contributed by atoms with van der Waals surface area (Å²) in [5.41, 5.74) is 7.39. The van der Waals surface area contributed by atoms with Gasteiger partial charge in [0.1, 0.15) is 5.82 Å². The summed E-state index contributed by atoms with van der Waals surface area (Å²) < 4.78 is 113. The number of benzene rings is 7. The zero-order valence-corrected chi connectivity index (χ0v) is 37.1. The number of aromatic nitrogens is 2. The van der Waals surface area contributed by atoms with Crippen LogP contribution in [0.3, 0.4) is 0 Å². The van der Waals surface area contributed by atoms with E-state index in [1.807, 2.05) is 120 Å². The smallest absolute Gasteiger partial charge is 0.135 e. The first-order valence-corrected chi connectivity index (χ1v) is 20.5. The van der Waals surface area contributed by atoms with Gasteiger partial charge in [0.2, 0.25) is 0 Å². The van der Waals surface area contributed by atoms with E-state index in [9.17, 15) is 0 Å². The zero-order chi connectivity index (χ0) is 52.6. The van der Waals surface area contributed by atoms with E-state index in [-0.39, 0.29) is 67.3 Å². The number of rotatable bonds is 7. The minimum absolute atomic E-state index is 0. The molecular weight excluding hydrogens is 952 g/mol.